The van der Waals surface area contributed by atoms with Crippen molar-refractivity contribution in [2.45, 2.75) is 45.6 Å². The SMILES string of the molecule is CCOC(=O)OC1CCC(CC)CC1=O. The number of carbonyl (C=O) groups is 2. The molecule has 86 valence electrons. The minimum atomic E-state index is -0.731. The van der Waals surface area contributed by atoms with Crippen LogP contribution in [0.15, 0.2) is 0 Å². The van der Waals surface area contributed by atoms with Gasteiger partial charge in [0.05, 0.1) is 6.61 Å². The van der Waals surface area contributed by atoms with Gasteiger partial charge in [0.2, 0.25) is 0 Å². The molecule has 4 nitrogen and oxygen atoms in total. The van der Waals surface area contributed by atoms with Crippen LogP contribution in [0.3, 0.4) is 0 Å². The van der Waals surface area contributed by atoms with Crippen LogP contribution in [0.25, 0.3) is 0 Å². The Balaban J connectivity index is 2.38. The zero-order valence-electron chi connectivity index (χ0n) is 9.32. The molecule has 0 aromatic carbocycles. The zero-order chi connectivity index (χ0) is 11.3. The van der Waals surface area contributed by atoms with E-state index >= 15 is 0 Å². The Hall–Kier alpha value is -1.06. The summed E-state index contributed by atoms with van der Waals surface area (Å²) in [5.74, 6) is 0.487. The molecule has 2 unspecified atom stereocenters. The molecule has 1 aliphatic rings. The van der Waals surface area contributed by atoms with Crippen LogP contribution in [0.5, 0.6) is 0 Å². The highest BCUT2D eigenvalue weighted by atomic mass is 16.7. The maximum Gasteiger partial charge on any atom is 0.508 e. The van der Waals surface area contributed by atoms with E-state index in [0.717, 1.165) is 12.8 Å². The molecular weight excluding hydrogens is 196 g/mol. The lowest BCUT2D eigenvalue weighted by Crippen LogP contribution is -2.33. The van der Waals surface area contributed by atoms with E-state index in [4.69, 9.17) is 4.74 Å². The molecule has 0 amide bonds. The van der Waals surface area contributed by atoms with Gasteiger partial charge in [-0.1, -0.05) is 13.3 Å². The predicted molar refractivity (Wildman–Crippen MR) is 54.5 cm³/mol. The first kappa shape index (κ1) is 12.0. The van der Waals surface area contributed by atoms with Gasteiger partial charge in [-0.05, 0) is 25.7 Å². The minimum absolute atomic E-state index is 0.0288. The minimum Gasteiger partial charge on any atom is -0.435 e. The molecule has 15 heavy (non-hydrogen) atoms. The van der Waals surface area contributed by atoms with Gasteiger partial charge in [0, 0.05) is 6.42 Å². The normalized spacial score (nSPS) is 26.1. The Bertz CT molecular complexity index is 237. The molecule has 1 fully saturated rings. The molecule has 0 aromatic rings. The fraction of sp³-hybridized carbons (Fsp3) is 0.818. The standard InChI is InChI=1S/C11H18O4/c1-3-8-5-6-10(9(12)7-8)15-11(13)14-4-2/h8,10H,3-7H2,1-2H3. The second-order valence-electron chi connectivity index (χ2n) is 3.81. The molecule has 2 atom stereocenters. The van der Waals surface area contributed by atoms with Gasteiger partial charge in [0.15, 0.2) is 11.9 Å². The average molecular weight is 214 g/mol. The lowest BCUT2D eigenvalue weighted by Gasteiger charge is -2.25. The van der Waals surface area contributed by atoms with Crippen molar-refractivity contribution < 1.29 is 19.1 Å². The third kappa shape index (κ3) is 3.53. The van der Waals surface area contributed by atoms with E-state index in [1.807, 2.05) is 0 Å². The lowest BCUT2D eigenvalue weighted by atomic mass is 9.85. The van der Waals surface area contributed by atoms with Crippen molar-refractivity contribution in [3.8, 4) is 0 Å². The Morgan fingerprint density at radius 3 is 2.67 bits per heavy atom. The van der Waals surface area contributed by atoms with E-state index in [1.165, 1.54) is 0 Å². The number of ketones is 1. The fourth-order valence-electron chi connectivity index (χ4n) is 1.81. The molecule has 0 heterocycles. The first-order valence-electron chi connectivity index (χ1n) is 5.53. The van der Waals surface area contributed by atoms with Crippen molar-refractivity contribution in [2.24, 2.45) is 5.92 Å². The van der Waals surface area contributed by atoms with E-state index in [0.29, 0.717) is 18.8 Å². The maximum atomic E-state index is 11.6. The summed E-state index contributed by atoms with van der Waals surface area (Å²) in [7, 11) is 0. The highest BCUT2D eigenvalue weighted by molar-refractivity contribution is 5.85. The third-order valence-corrected chi connectivity index (χ3v) is 2.76. The summed E-state index contributed by atoms with van der Waals surface area (Å²) < 4.78 is 9.56. The van der Waals surface area contributed by atoms with Crippen molar-refractivity contribution in [3.63, 3.8) is 0 Å². The highest BCUT2D eigenvalue weighted by Gasteiger charge is 2.30. The average Bonchev–Trinajstić information content (AvgIpc) is 2.21. The van der Waals surface area contributed by atoms with Gasteiger partial charge < -0.3 is 9.47 Å². The Morgan fingerprint density at radius 1 is 1.40 bits per heavy atom. The number of Topliss-reactive ketones (excluding diaryl/α,β-unsaturated/α-hetero) is 1. The maximum absolute atomic E-state index is 11.6. The van der Waals surface area contributed by atoms with Crippen LogP contribution in [0.2, 0.25) is 0 Å². The van der Waals surface area contributed by atoms with Crippen LogP contribution in [-0.2, 0) is 14.3 Å². The number of carbonyl (C=O) groups excluding carboxylic acids is 2. The van der Waals surface area contributed by atoms with Gasteiger partial charge in [0.25, 0.3) is 0 Å². The van der Waals surface area contributed by atoms with Crippen molar-refractivity contribution in [1.82, 2.24) is 0 Å². The van der Waals surface area contributed by atoms with Crippen LogP contribution < -0.4 is 0 Å². The van der Waals surface area contributed by atoms with Gasteiger partial charge in [-0.15, -0.1) is 0 Å². The molecule has 1 aliphatic carbocycles. The molecule has 0 spiro atoms. The zero-order valence-corrected chi connectivity index (χ0v) is 9.32. The smallest absolute Gasteiger partial charge is 0.435 e. The Morgan fingerprint density at radius 2 is 2.13 bits per heavy atom. The fourth-order valence-corrected chi connectivity index (χ4v) is 1.81. The second kappa shape index (κ2) is 5.73. The van der Waals surface area contributed by atoms with Crippen LogP contribution in [0, 0.1) is 5.92 Å². The molecule has 0 aromatic heterocycles. The second-order valence-corrected chi connectivity index (χ2v) is 3.81. The highest BCUT2D eigenvalue weighted by Crippen LogP contribution is 2.26. The summed E-state index contributed by atoms with van der Waals surface area (Å²) in [6.07, 6.45) is 1.82. The van der Waals surface area contributed by atoms with Gasteiger partial charge in [-0.25, -0.2) is 4.79 Å². The van der Waals surface area contributed by atoms with E-state index < -0.39 is 12.3 Å². The summed E-state index contributed by atoms with van der Waals surface area (Å²) >= 11 is 0. The summed E-state index contributed by atoms with van der Waals surface area (Å²) in [6.45, 7) is 4.05. The van der Waals surface area contributed by atoms with Crippen LogP contribution in [0.1, 0.15) is 39.5 Å². The van der Waals surface area contributed by atoms with Gasteiger partial charge in [0.1, 0.15) is 0 Å². The van der Waals surface area contributed by atoms with Gasteiger partial charge in [-0.3, -0.25) is 4.79 Å². The molecule has 4 heteroatoms. The topological polar surface area (TPSA) is 52.6 Å². The summed E-state index contributed by atoms with van der Waals surface area (Å²) in [5.41, 5.74) is 0. The van der Waals surface area contributed by atoms with Crippen molar-refractivity contribution in [2.75, 3.05) is 6.61 Å². The molecule has 1 saturated carbocycles. The Kier molecular flexibility index (Phi) is 4.59. The molecule has 0 bridgehead atoms. The first-order valence-corrected chi connectivity index (χ1v) is 5.53. The Labute approximate surface area is 89.9 Å². The quantitative estimate of drug-likeness (QED) is 0.676. The molecule has 1 rings (SSSR count). The molecular formula is C11H18O4. The van der Waals surface area contributed by atoms with Gasteiger partial charge in [-0.2, -0.15) is 0 Å². The molecule has 0 radical (unpaired) electrons. The van der Waals surface area contributed by atoms with Crippen LogP contribution in [-0.4, -0.2) is 24.6 Å². The number of hydrogen-bond donors (Lipinski definition) is 0. The largest absolute Gasteiger partial charge is 0.508 e. The number of ether oxygens (including phenoxy) is 2. The number of rotatable bonds is 3. The predicted octanol–water partition coefficient (Wildman–Crippen LogP) is 2.31. The van der Waals surface area contributed by atoms with E-state index in [9.17, 15) is 9.59 Å². The third-order valence-electron chi connectivity index (χ3n) is 2.76. The first-order chi connectivity index (χ1) is 7.17. The summed E-state index contributed by atoms with van der Waals surface area (Å²) in [5, 5.41) is 0. The molecule has 0 N–H and O–H groups in total. The van der Waals surface area contributed by atoms with E-state index in [1.54, 1.807) is 6.92 Å². The van der Waals surface area contributed by atoms with Crippen LogP contribution >= 0.6 is 0 Å². The monoisotopic (exact) mass is 214 g/mol. The van der Waals surface area contributed by atoms with Crippen LogP contribution in [0.4, 0.5) is 4.79 Å². The van der Waals surface area contributed by atoms with Crippen molar-refractivity contribution >= 4 is 11.9 Å². The van der Waals surface area contributed by atoms with Crippen molar-refractivity contribution in [1.29, 1.82) is 0 Å². The number of hydrogen-bond acceptors (Lipinski definition) is 4. The molecule has 0 saturated heterocycles. The van der Waals surface area contributed by atoms with E-state index in [-0.39, 0.29) is 12.4 Å². The van der Waals surface area contributed by atoms with Gasteiger partial charge >= 0.3 is 6.16 Å². The van der Waals surface area contributed by atoms with Crippen molar-refractivity contribution in [3.05, 3.63) is 0 Å². The van der Waals surface area contributed by atoms with E-state index in [2.05, 4.69) is 11.7 Å². The lowest BCUT2D eigenvalue weighted by molar-refractivity contribution is -0.132. The molecule has 0 aliphatic heterocycles. The summed E-state index contributed by atoms with van der Waals surface area (Å²) in [6, 6.07) is 0. The summed E-state index contributed by atoms with van der Waals surface area (Å²) in [4.78, 5) is 22.6.